The molecule has 1 aromatic rings. The van der Waals surface area contributed by atoms with Crippen LogP contribution in [0.4, 0.5) is 8.78 Å². The first-order chi connectivity index (χ1) is 10.6. The summed E-state index contributed by atoms with van der Waals surface area (Å²) in [4.78, 5) is 12.1. The van der Waals surface area contributed by atoms with Crippen LogP contribution in [0.5, 0.6) is 11.5 Å². The Morgan fingerprint density at radius 3 is 2.55 bits per heavy atom. The Bertz CT molecular complexity index is 531. The molecule has 1 saturated carbocycles. The van der Waals surface area contributed by atoms with Crippen molar-refractivity contribution >= 4 is 5.97 Å². The number of carbonyl (C=O) groups is 1. The summed E-state index contributed by atoms with van der Waals surface area (Å²) in [6.07, 6.45) is 4.70. The van der Waals surface area contributed by atoms with Gasteiger partial charge in [-0.15, -0.1) is 0 Å². The van der Waals surface area contributed by atoms with Gasteiger partial charge in [-0.05, 0) is 44.2 Å². The van der Waals surface area contributed by atoms with Gasteiger partial charge >= 0.3 is 5.97 Å². The molecule has 0 amide bonds. The van der Waals surface area contributed by atoms with E-state index in [0.717, 1.165) is 32.1 Å². The molecule has 2 unspecified atom stereocenters. The lowest BCUT2D eigenvalue weighted by atomic mass is 10.0. The van der Waals surface area contributed by atoms with Crippen molar-refractivity contribution in [1.29, 1.82) is 0 Å². The molecule has 2 rings (SSSR count). The molecule has 3 nitrogen and oxygen atoms in total. The molecule has 0 spiro atoms. The molecule has 1 aromatic carbocycles. The lowest BCUT2D eigenvalue weighted by Gasteiger charge is -2.12. The summed E-state index contributed by atoms with van der Waals surface area (Å²) >= 11 is 0. The molecule has 0 bridgehead atoms. The van der Waals surface area contributed by atoms with Crippen LogP contribution in [0.3, 0.4) is 0 Å². The molecule has 1 aliphatic carbocycles. The van der Waals surface area contributed by atoms with Crippen LogP contribution in [0.2, 0.25) is 0 Å². The Hall–Kier alpha value is -1.65. The third kappa shape index (κ3) is 3.76. The van der Waals surface area contributed by atoms with E-state index in [1.165, 1.54) is 12.1 Å². The Labute approximate surface area is 129 Å². The minimum absolute atomic E-state index is 0.177. The molecule has 1 fully saturated rings. The second-order valence-electron chi connectivity index (χ2n) is 5.71. The fourth-order valence-corrected chi connectivity index (χ4v) is 3.01. The van der Waals surface area contributed by atoms with E-state index in [1.807, 2.05) is 0 Å². The maximum absolute atomic E-state index is 13.9. The van der Waals surface area contributed by atoms with Crippen molar-refractivity contribution in [1.82, 2.24) is 0 Å². The summed E-state index contributed by atoms with van der Waals surface area (Å²) < 4.78 is 37.7. The maximum Gasteiger partial charge on any atom is 0.314 e. The van der Waals surface area contributed by atoms with Crippen LogP contribution in [-0.4, -0.2) is 12.6 Å². The highest BCUT2D eigenvalue weighted by Gasteiger charge is 2.31. The largest absolute Gasteiger partial charge is 0.491 e. The molecule has 0 heterocycles. The van der Waals surface area contributed by atoms with Crippen LogP contribution in [0, 0.1) is 23.5 Å². The first-order valence-electron chi connectivity index (χ1n) is 7.89. The molecule has 122 valence electrons. The fourth-order valence-electron chi connectivity index (χ4n) is 3.01. The number of carbonyl (C=O) groups excluding carboxylic acids is 1. The number of benzene rings is 1. The van der Waals surface area contributed by atoms with E-state index in [1.54, 1.807) is 6.92 Å². The van der Waals surface area contributed by atoms with E-state index in [9.17, 15) is 13.6 Å². The highest BCUT2D eigenvalue weighted by atomic mass is 19.2. The normalized spacial score (nSPS) is 20.9. The van der Waals surface area contributed by atoms with Gasteiger partial charge in [0.15, 0.2) is 11.5 Å². The van der Waals surface area contributed by atoms with Crippen LogP contribution in [-0.2, 0) is 4.79 Å². The van der Waals surface area contributed by atoms with E-state index in [0.29, 0.717) is 5.92 Å². The lowest BCUT2D eigenvalue weighted by molar-refractivity contribution is -0.139. The van der Waals surface area contributed by atoms with Crippen LogP contribution in [0.1, 0.15) is 46.0 Å². The SMILES string of the molecule is CCCC1CCC(C(=O)Oc2ccc(OCC)c(F)c2F)C1. The predicted octanol–water partition coefficient (Wildman–Crippen LogP) is 4.49. The third-order valence-electron chi connectivity index (χ3n) is 4.09. The van der Waals surface area contributed by atoms with Crippen molar-refractivity contribution in [3.8, 4) is 11.5 Å². The Morgan fingerprint density at radius 2 is 1.86 bits per heavy atom. The molecule has 2 atom stereocenters. The van der Waals surface area contributed by atoms with Crippen molar-refractivity contribution < 1.29 is 23.0 Å². The van der Waals surface area contributed by atoms with Gasteiger partial charge in [0.1, 0.15) is 0 Å². The van der Waals surface area contributed by atoms with Crippen LogP contribution >= 0.6 is 0 Å². The second-order valence-corrected chi connectivity index (χ2v) is 5.71. The smallest absolute Gasteiger partial charge is 0.314 e. The van der Waals surface area contributed by atoms with Crippen molar-refractivity contribution in [2.45, 2.75) is 46.0 Å². The third-order valence-corrected chi connectivity index (χ3v) is 4.09. The summed E-state index contributed by atoms with van der Waals surface area (Å²) in [7, 11) is 0. The van der Waals surface area contributed by atoms with Crippen LogP contribution < -0.4 is 9.47 Å². The number of hydrogen-bond acceptors (Lipinski definition) is 3. The number of ether oxygens (including phenoxy) is 2. The zero-order chi connectivity index (χ0) is 16.1. The van der Waals surface area contributed by atoms with E-state index in [-0.39, 0.29) is 24.0 Å². The predicted molar refractivity (Wildman–Crippen MR) is 78.9 cm³/mol. The van der Waals surface area contributed by atoms with Gasteiger partial charge in [0.2, 0.25) is 11.6 Å². The molecule has 0 saturated heterocycles. The van der Waals surface area contributed by atoms with Crippen molar-refractivity contribution in [2.75, 3.05) is 6.61 Å². The van der Waals surface area contributed by atoms with E-state index in [4.69, 9.17) is 9.47 Å². The molecule has 0 radical (unpaired) electrons. The topological polar surface area (TPSA) is 35.5 Å². The average molecular weight is 312 g/mol. The zero-order valence-corrected chi connectivity index (χ0v) is 13.0. The monoisotopic (exact) mass is 312 g/mol. The Kier molecular flexibility index (Phi) is 5.75. The van der Waals surface area contributed by atoms with Gasteiger partial charge in [0, 0.05) is 0 Å². The molecular formula is C17H22F2O3. The number of hydrogen-bond donors (Lipinski definition) is 0. The first kappa shape index (κ1) is 16.7. The van der Waals surface area contributed by atoms with Crippen molar-refractivity contribution in [3.05, 3.63) is 23.8 Å². The van der Waals surface area contributed by atoms with E-state index < -0.39 is 17.6 Å². The average Bonchev–Trinajstić information content (AvgIpc) is 2.96. The maximum atomic E-state index is 13.9. The molecule has 0 aliphatic heterocycles. The number of esters is 1. The summed E-state index contributed by atoms with van der Waals surface area (Å²) in [6, 6.07) is 2.51. The van der Waals surface area contributed by atoms with Gasteiger partial charge in [-0.3, -0.25) is 4.79 Å². The van der Waals surface area contributed by atoms with Gasteiger partial charge < -0.3 is 9.47 Å². The van der Waals surface area contributed by atoms with Gasteiger partial charge in [0.25, 0.3) is 0 Å². The van der Waals surface area contributed by atoms with Gasteiger partial charge in [-0.2, -0.15) is 8.78 Å². The highest BCUT2D eigenvalue weighted by molar-refractivity contribution is 5.75. The lowest BCUT2D eigenvalue weighted by Crippen LogP contribution is -2.19. The summed E-state index contributed by atoms with van der Waals surface area (Å²) in [5.41, 5.74) is 0. The molecule has 5 heteroatoms. The van der Waals surface area contributed by atoms with Crippen LogP contribution in [0.25, 0.3) is 0 Å². The molecule has 1 aliphatic rings. The number of halogens is 2. The Balaban J connectivity index is 2.02. The minimum Gasteiger partial charge on any atom is -0.491 e. The van der Waals surface area contributed by atoms with Crippen molar-refractivity contribution in [2.24, 2.45) is 11.8 Å². The molecule has 22 heavy (non-hydrogen) atoms. The fraction of sp³-hybridized carbons (Fsp3) is 0.588. The van der Waals surface area contributed by atoms with E-state index in [2.05, 4.69) is 6.92 Å². The number of rotatable bonds is 6. The summed E-state index contributed by atoms with van der Waals surface area (Å²) in [5, 5.41) is 0. The van der Waals surface area contributed by atoms with Gasteiger partial charge in [-0.25, -0.2) is 0 Å². The van der Waals surface area contributed by atoms with E-state index >= 15 is 0 Å². The molecule has 0 aromatic heterocycles. The van der Waals surface area contributed by atoms with Gasteiger partial charge in [0.05, 0.1) is 12.5 Å². The molecular weight excluding hydrogens is 290 g/mol. The summed E-state index contributed by atoms with van der Waals surface area (Å²) in [5.74, 6) is -3.01. The second kappa shape index (κ2) is 7.56. The van der Waals surface area contributed by atoms with Crippen LogP contribution in [0.15, 0.2) is 12.1 Å². The highest BCUT2D eigenvalue weighted by Crippen LogP contribution is 2.35. The Morgan fingerprint density at radius 1 is 1.18 bits per heavy atom. The van der Waals surface area contributed by atoms with Gasteiger partial charge in [-0.1, -0.05) is 19.8 Å². The zero-order valence-electron chi connectivity index (χ0n) is 13.0. The standard InChI is InChI=1S/C17H22F2O3/c1-3-5-11-6-7-12(10-11)17(20)22-14-9-8-13(21-4-2)15(18)16(14)19/h8-9,11-12H,3-7,10H2,1-2H3. The summed E-state index contributed by atoms with van der Waals surface area (Å²) in [6.45, 7) is 4.03. The van der Waals surface area contributed by atoms with Crippen molar-refractivity contribution in [3.63, 3.8) is 0 Å². The minimum atomic E-state index is -1.18. The first-order valence-corrected chi connectivity index (χ1v) is 7.89. The quantitative estimate of drug-likeness (QED) is 0.573. The molecule has 0 N–H and O–H groups in total.